The minimum absolute atomic E-state index is 0.0363. The van der Waals surface area contributed by atoms with E-state index in [0.717, 1.165) is 5.56 Å². The molecule has 1 N–H and O–H groups in total. The number of likely N-dealkylation sites (N-methyl/N-ethyl adjacent to an activating group) is 1. The quantitative estimate of drug-likeness (QED) is 0.442. The van der Waals surface area contributed by atoms with Crippen LogP contribution >= 0.6 is 0 Å². The number of hydrogen-bond donors (Lipinski definition) is 1. The van der Waals surface area contributed by atoms with Crippen LogP contribution in [0.1, 0.15) is 5.56 Å². The highest BCUT2D eigenvalue weighted by molar-refractivity contribution is 5.69. The fraction of sp³-hybridized carbons (Fsp3) is 0.182. The number of aromatic nitrogens is 1. The van der Waals surface area contributed by atoms with Gasteiger partial charge in [0.2, 0.25) is 5.82 Å². The highest BCUT2D eigenvalue weighted by Crippen LogP contribution is 2.28. The number of rotatable bonds is 7. The van der Waals surface area contributed by atoms with Gasteiger partial charge in [-0.3, -0.25) is 10.1 Å². The number of carbonyl (C=O) groups is 1. The van der Waals surface area contributed by atoms with E-state index in [1.807, 2.05) is 24.3 Å². The molecular weight excluding hydrogens is 400 g/mol. The third-order valence-electron chi connectivity index (χ3n) is 4.97. The third-order valence-corrected chi connectivity index (χ3v) is 4.97. The van der Waals surface area contributed by atoms with E-state index in [1.54, 1.807) is 36.2 Å². The summed E-state index contributed by atoms with van der Waals surface area (Å²) in [5.74, 6) is 1.48. The summed E-state index contributed by atoms with van der Waals surface area (Å²) in [4.78, 5) is 27.7. The van der Waals surface area contributed by atoms with E-state index in [0.29, 0.717) is 30.2 Å². The molecule has 31 heavy (non-hydrogen) atoms. The van der Waals surface area contributed by atoms with Crippen LogP contribution in [0.5, 0.6) is 11.5 Å². The Bertz CT molecular complexity index is 1090. The van der Waals surface area contributed by atoms with Crippen molar-refractivity contribution in [2.45, 2.75) is 12.5 Å². The fourth-order valence-corrected chi connectivity index (χ4v) is 3.21. The Morgan fingerprint density at radius 2 is 1.84 bits per heavy atom. The van der Waals surface area contributed by atoms with Crippen molar-refractivity contribution in [3.05, 3.63) is 82.5 Å². The first-order valence-corrected chi connectivity index (χ1v) is 9.62. The molecule has 9 heteroatoms. The minimum Gasteiger partial charge on any atom is -0.457 e. The van der Waals surface area contributed by atoms with Crippen molar-refractivity contribution in [1.82, 2.24) is 9.88 Å². The fourth-order valence-electron chi connectivity index (χ4n) is 3.21. The summed E-state index contributed by atoms with van der Waals surface area (Å²) < 4.78 is 10.9. The molecule has 0 bridgehead atoms. The number of nitrogens with one attached hydrogen (secondary N) is 1. The SMILES string of the molecule is CN1C(=O)OC[C@@H]1Cc1ccc(Oc2ccc(Nc3ncccc3[N+](=O)[O-])cc2)cc1. The molecule has 1 fully saturated rings. The average molecular weight is 420 g/mol. The molecule has 0 spiro atoms. The molecule has 0 unspecified atom stereocenters. The summed E-state index contributed by atoms with van der Waals surface area (Å²) >= 11 is 0. The van der Waals surface area contributed by atoms with Crippen LogP contribution < -0.4 is 10.1 Å². The minimum atomic E-state index is -0.480. The molecule has 1 saturated heterocycles. The van der Waals surface area contributed by atoms with E-state index in [1.165, 1.54) is 18.3 Å². The summed E-state index contributed by atoms with van der Waals surface area (Å²) in [6.45, 7) is 0.398. The molecule has 1 aromatic heterocycles. The number of cyclic esters (lactones) is 1. The van der Waals surface area contributed by atoms with E-state index in [9.17, 15) is 14.9 Å². The van der Waals surface area contributed by atoms with Gasteiger partial charge in [-0.15, -0.1) is 0 Å². The molecular formula is C22H20N4O5. The van der Waals surface area contributed by atoms with E-state index >= 15 is 0 Å². The Morgan fingerprint density at radius 3 is 2.45 bits per heavy atom. The first-order chi connectivity index (χ1) is 15.0. The van der Waals surface area contributed by atoms with Crippen molar-refractivity contribution >= 4 is 23.3 Å². The predicted molar refractivity (Wildman–Crippen MR) is 114 cm³/mol. The van der Waals surface area contributed by atoms with Crippen molar-refractivity contribution in [1.29, 1.82) is 0 Å². The summed E-state index contributed by atoms with van der Waals surface area (Å²) in [5, 5.41) is 14.0. The summed E-state index contributed by atoms with van der Waals surface area (Å²) in [5.41, 5.74) is 1.64. The first-order valence-electron chi connectivity index (χ1n) is 9.62. The van der Waals surface area contributed by atoms with Crippen molar-refractivity contribution < 1.29 is 19.2 Å². The molecule has 2 heterocycles. The molecule has 1 aliphatic heterocycles. The zero-order valence-electron chi connectivity index (χ0n) is 16.7. The summed E-state index contributed by atoms with van der Waals surface area (Å²) in [6.07, 6.45) is 1.91. The lowest BCUT2D eigenvalue weighted by Crippen LogP contribution is -2.30. The maximum absolute atomic E-state index is 11.5. The van der Waals surface area contributed by atoms with Gasteiger partial charge in [0.05, 0.1) is 11.0 Å². The number of benzene rings is 2. The molecule has 0 saturated carbocycles. The number of anilines is 2. The number of hydrogen-bond acceptors (Lipinski definition) is 7. The normalized spacial score (nSPS) is 15.5. The van der Waals surface area contributed by atoms with Gasteiger partial charge in [0.15, 0.2) is 0 Å². The predicted octanol–water partition coefficient (Wildman–Crippen LogP) is 4.52. The van der Waals surface area contributed by atoms with Crippen LogP contribution in [0, 0.1) is 10.1 Å². The Balaban J connectivity index is 1.37. The number of carbonyl (C=O) groups excluding carboxylic acids is 1. The van der Waals surface area contributed by atoms with Gasteiger partial charge in [0.25, 0.3) is 0 Å². The van der Waals surface area contributed by atoms with Crippen LogP contribution in [-0.2, 0) is 11.2 Å². The van der Waals surface area contributed by atoms with Gasteiger partial charge in [-0.2, -0.15) is 0 Å². The van der Waals surface area contributed by atoms with Crippen LogP contribution in [0.4, 0.5) is 22.0 Å². The van der Waals surface area contributed by atoms with Gasteiger partial charge >= 0.3 is 11.8 Å². The van der Waals surface area contributed by atoms with Gasteiger partial charge in [-0.1, -0.05) is 12.1 Å². The van der Waals surface area contributed by atoms with Gasteiger partial charge in [0.1, 0.15) is 18.1 Å². The Labute approximate surface area is 178 Å². The zero-order chi connectivity index (χ0) is 21.8. The number of ether oxygens (including phenoxy) is 2. The molecule has 2 aromatic carbocycles. The molecule has 158 valence electrons. The van der Waals surface area contributed by atoms with Crippen LogP contribution in [0.15, 0.2) is 66.9 Å². The van der Waals surface area contributed by atoms with Crippen LogP contribution in [0.25, 0.3) is 0 Å². The average Bonchev–Trinajstić information content (AvgIpc) is 3.09. The van der Waals surface area contributed by atoms with E-state index in [4.69, 9.17) is 9.47 Å². The molecule has 3 aromatic rings. The second kappa shape index (κ2) is 8.70. The van der Waals surface area contributed by atoms with Crippen LogP contribution in [0.2, 0.25) is 0 Å². The zero-order valence-corrected chi connectivity index (χ0v) is 16.7. The monoisotopic (exact) mass is 420 g/mol. The lowest BCUT2D eigenvalue weighted by atomic mass is 10.1. The lowest BCUT2D eigenvalue weighted by molar-refractivity contribution is -0.384. The van der Waals surface area contributed by atoms with Gasteiger partial charge in [-0.25, -0.2) is 9.78 Å². The van der Waals surface area contributed by atoms with Gasteiger partial charge in [0, 0.05) is 25.0 Å². The van der Waals surface area contributed by atoms with Crippen molar-refractivity contribution in [2.24, 2.45) is 0 Å². The largest absolute Gasteiger partial charge is 0.457 e. The molecule has 0 radical (unpaired) electrons. The molecule has 4 rings (SSSR count). The van der Waals surface area contributed by atoms with E-state index in [-0.39, 0.29) is 23.6 Å². The Morgan fingerprint density at radius 1 is 1.16 bits per heavy atom. The second-order valence-electron chi connectivity index (χ2n) is 7.07. The molecule has 1 amide bonds. The Hall–Kier alpha value is -4.14. The van der Waals surface area contributed by atoms with Crippen LogP contribution in [-0.4, -0.2) is 40.6 Å². The topological polar surface area (TPSA) is 107 Å². The molecule has 1 aliphatic rings. The summed E-state index contributed by atoms with van der Waals surface area (Å²) in [7, 11) is 1.74. The maximum Gasteiger partial charge on any atom is 0.409 e. The smallest absolute Gasteiger partial charge is 0.409 e. The standard InChI is InChI=1S/C22H20N4O5/c1-25-17(14-30-22(25)27)13-15-4-8-18(9-5-15)31-19-10-6-16(7-11-19)24-21-20(26(28)29)3-2-12-23-21/h2-12,17H,13-14H2,1H3,(H,23,24)/t17-/m0/s1. The van der Waals surface area contributed by atoms with Crippen molar-refractivity contribution in [2.75, 3.05) is 19.0 Å². The highest BCUT2D eigenvalue weighted by atomic mass is 16.6. The van der Waals surface area contributed by atoms with Crippen LogP contribution in [0.3, 0.4) is 0 Å². The second-order valence-corrected chi connectivity index (χ2v) is 7.07. The van der Waals surface area contributed by atoms with E-state index < -0.39 is 4.92 Å². The number of pyridine rings is 1. The summed E-state index contributed by atoms with van der Waals surface area (Å²) in [6, 6.07) is 17.7. The first kappa shape index (κ1) is 20.1. The number of amides is 1. The molecule has 1 atom stereocenters. The molecule has 9 nitrogen and oxygen atoms in total. The number of nitro groups is 1. The van der Waals surface area contributed by atoms with Crippen molar-refractivity contribution in [3.63, 3.8) is 0 Å². The van der Waals surface area contributed by atoms with E-state index in [2.05, 4.69) is 10.3 Å². The highest BCUT2D eigenvalue weighted by Gasteiger charge is 2.29. The van der Waals surface area contributed by atoms with Crippen molar-refractivity contribution in [3.8, 4) is 11.5 Å². The lowest BCUT2D eigenvalue weighted by Gasteiger charge is -2.16. The third kappa shape index (κ3) is 4.72. The maximum atomic E-state index is 11.5. The molecule has 0 aliphatic carbocycles. The van der Waals surface area contributed by atoms with Gasteiger partial charge < -0.3 is 19.7 Å². The Kier molecular flexibility index (Phi) is 5.65. The van der Waals surface area contributed by atoms with Gasteiger partial charge in [-0.05, 0) is 54.4 Å². The number of nitrogens with zero attached hydrogens (tertiary/aromatic N) is 3.